The Morgan fingerprint density at radius 1 is 1.27 bits per heavy atom. The minimum absolute atomic E-state index is 0.0219. The maximum Gasteiger partial charge on any atom is 0.320 e. The lowest BCUT2D eigenvalue weighted by atomic mass is 9.96. The van der Waals surface area contributed by atoms with Crippen LogP contribution in [0.4, 0.5) is 15.0 Å². The van der Waals surface area contributed by atoms with Gasteiger partial charge in [0.25, 0.3) is 0 Å². The number of hydrogen-bond acceptors (Lipinski definition) is 5. The standard InChI is InChI=1S/C19H23FN6O3S/c20-15-6-7-17(14(12-15)13-21)26-10-8-18(24-26)23-19(27)22-9-11-30(28,29)25-16-4-2-1-3-5-16/h6-8,10,12,16,25H,1-5,9,11H2,(H2,22,23,24,27). The van der Waals surface area contributed by atoms with Gasteiger partial charge in [-0.3, -0.25) is 5.32 Å². The largest absolute Gasteiger partial charge is 0.337 e. The predicted molar refractivity (Wildman–Crippen MR) is 109 cm³/mol. The third-order valence-electron chi connectivity index (χ3n) is 4.76. The fourth-order valence-corrected chi connectivity index (χ4v) is 4.55. The average Bonchev–Trinajstić information content (AvgIpc) is 3.16. The molecule has 160 valence electrons. The van der Waals surface area contributed by atoms with Gasteiger partial charge in [0.1, 0.15) is 11.9 Å². The lowest BCUT2D eigenvalue weighted by Crippen LogP contribution is -2.41. The zero-order valence-corrected chi connectivity index (χ0v) is 17.1. The molecule has 1 aliphatic rings. The van der Waals surface area contributed by atoms with Crippen LogP contribution in [0, 0.1) is 17.1 Å². The van der Waals surface area contributed by atoms with Crippen LogP contribution in [0.5, 0.6) is 0 Å². The summed E-state index contributed by atoms with van der Waals surface area (Å²) < 4.78 is 41.6. The first-order chi connectivity index (χ1) is 14.4. The molecule has 0 saturated heterocycles. The molecule has 9 nitrogen and oxygen atoms in total. The number of benzene rings is 1. The summed E-state index contributed by atoms with van der Waals surface area (Å²) in [5.41, 5.74) is 0.469. The number of amides is 2. The summed E-state index contributed by atoms with van der Waals surface area (Å²) in [4.78, 5) is 12.0. The van der Waals surface area contributed by atoms with Crippen LogP contribution in [0.3, 0.4) is 0 Å². The highest BCUT2D eigenvalue weighted by atomic mass is 32.2. The fraction of sp³-hybridized carbons (Fsp3) is 0.421. The summed E-state index contributed by atoms with van der Waals surface area (Å²) >= 11 is 0. The minimum atomic E-state index is -3.47. The first-order valence-corrected chi connectivity index (χ1v) is 11.3. The molecular weight excluding hydrogens is 411 g/mol. The van der Waals surface area contributed by atoms with Crippen molar-refractivity contribution in [3.63, 3.8) is 0 Å². The van der Waals surface area contributed by atoms with Crippen molar-refractivity contribution in [1.29, 1.82) is 5.26 Å². The second-order valence-corrected chi connectivity index (χ2v) is 8.94. The summed E-state index contributed by atoms with van der Waals surface area (Å²) in [5.74, 6) is -0.552. The lowest BCUT2D eigenvalue weighted by molar-refractivity contribution is 0.252. The first kappa shape index (κ1) is 21.7. The topological polar surface area (TPSA) is 129 Å². The third kappa shape index (κ3) is 6.01. The van der Waals surface area contributed by atoms with Gasteiger partial charge in [-0.25, -0.2) is 27.0 Å². The number of anilines is 1. The van der Waals surface area contributed by atoms with Gasteiger partial charge in [-0.1, -0.05) is 19.3 Å². The van der Waals surface area contributed by atoms with Gasteiger partial charge in [-0.2, -0.15) is 5.26 Å². The van der Waals surface area contributed by atoms with E-state index in [0.717, 1.165) is 38.2 Å². The maximum absolute atomic E-state index is 13.3. The monoisotopic (exact) mass is 434 g/mol. The summed E-state index contributed by atoms with van der Waals surface area (Å²) in [7, 11) is -3.47. The molecule has 0 unspecified atom stereocenters. The normalized spacial score (nSPS) is 14.8. The number of rotatable bonds is 7. The van der Waals surface area contributed by atoms with Crippen molar-refractivity contribution in [2.24, 2.45) is 0 Å². The van der Waals surface area contributed by atoms with Gasteiger partial charge in [0, 0.05) is 24.8 Å². The molecular formula is C19H23FN6O3S. The van der Waals surface area contributed by atoms with Crippen LogP contribution in [0.25, 0.3) is 5.69 Å². The van der Waals surface area contributed by atoms with Crippen LogP contribution < -0.4 is 15.4 Å². The molecule has 1 saturated carbocycles. The van der Waals surface area contributed by atoms with Crippen LogP contribution in [-0.4, -0.2) is 42.6 Å². The molecule has 1 aromatic carbocycles. The lowest BCUT2D eigenvalue weighted by Gasteiger charge is -2.22. The second kappa shape index (κ2) is 9.69. The molecule has 0 radical (unpaired) electrons. The van der Waals surface area contributed by atoms with Crippen molar-refractivity contribution in [2.45, 2.75) is 38.1 Å². The highest BCUT2D eigenvalue weighted by Crippen LogP contribution is 2.18. The van der Waals surface area contributed by atoms with Crippen molar-refractivity contribution in [3.05, 3.63) is 41.8 Å². The van der Waals surface area contributed by atoms with Gasteiger partial charge < -0.3 is 5.32 Å². The zero-order valence-electron chi connectivity index (χ0n) is 16.3. The van der Waals surface area contributed by atoms with Crippen LogP contribution >= 0.6 is 0 Å². The molecule has 30 heavy (non-hydrogen) atoms. The van der Waals surface area contributed by atoms with Crippen molar-refractivity contribution in [3.8, 4) is 11.8 Å². The van der Waals surface area contributed by atoms with Gasteiger partial charge >= 0.3 is 6.03 Å². The number of carbonyl (C=O) groups excluding carboxylic acids is 1. The van der Waals surface area contributed by atoms with Gasteiger partial charge in [-0.15, -0.1) is 5.10 Å². The molecule has 3 rings (SSSR count). The molecule has 1 fully saturated rings. The summed E-state index contributed by atoms with van der Waals surface area (Å²) in [5, 5.41) is 18.2. The van der Waals surface area contributed by atoms with Gasteiger partial charge in [0.2, 0.25) is 10.0 Å². The van der Waals surface area contributed by atoms with Crippen molar-refractivity contribution < 1.29 is 17.6 Å². The smallest absolute Gasteiger partial charge is 0.320 e. The van der Waals surface area contributed by atoms with Crippen LogP contribution in [0.1, 0.15) is 37.7 Å². The molecule has 2 amide bonds. The molecule has 0 atom stereocenters. The summed E-state index contributed by atoms with van der Waals surface area (Å²) in [6.45, 7) is -0.0505. The SMILES string of the molecule is N#Cc1cc(F)ccc1-n1ccc(NC(=O)NCCS(=O)(=O)NC2CCCCC2)n1. The molecule has 3 N–H and O–H groups in total. The molecule has 1 aromatic heterocycles. The second-order valence-electron chi connectivity index (χ2n) is 7.07. The van der Waals surface area contributed by atoms with E-state index in [1.165, 1.54) is 29.1 Å². The van der Waals surface area contributed by atoms with E-state index in [-0.39, 0.29) is 29.7 Å². The Bertz CT molecular complexity index is 1040. The van der Waals surface area contributed by atoms with E-state index in [1.54, 1.807) is 0 Å². The van der Waals surface area contributed by atoms with E-state index in [4.69, 9.17) is 5.26 Å². The highest BCUT2D eigenvalue weighted by molar-refractivity contribution is 7.89. The van der Waals surface area contributed by atoms with Crippen LogP contribution in [0.15, 0.2) is 30.5 Å². The Kier molecular flexibility index (Phi) is 7.02. The molecule has 11 heteroatoms. The van der Waals surface area contributed by atoms with E-state index < -0.39 is 21.9 Å². The highest BCUT2D eigenvalue weighted by Gasteiger charge is 2.20. The number of nitriles is 1. The number of halogens is 1. The predicted octanol–water partition coefficient (Wildman–Crippen LogP) is 2.26. The zero-order chi connectivity index (χ0) is 21.6. The Morgan fingerprint density at radius 2 is 2.03 bits per heavy atom. The van der Waals surface area contributed by atoms with Gasteiger partial charge in [0.05, 0.1) is 17.0 Å². The molecule has 2 aromatic rings. The number of nitrogens with one attached hydrogen (secondary N) is 3. The summed E-state index contributed by atoms with van der Waals surface area (Å²) in [6.07, 6.45) is 6.38. The number of hydrogen-bond donors (Lipinski definition) is 3. The molecule has 1 heterocycles. The molecule has 0 spiro atoms. The van der Waals surface area contributed by atoms with E-state index in [0.29, 0.717) is 5.69 Å². The number of aromatic nitrogens is 2. The number of sulfonamides is 1. The average molecular weight is 434 g/mol. The Balaban J connectivity index is 1.49. The minimum Gasteiger partial charge on any atom is -0.337 e. The van der Waals surface area contributed by atoms with Gasteiger partial charge in [-0.05, 0) is 31.0 Å². The van der Waals surface area contributed by atoms with Gasteiger partial charge in [0.15, 0.2) is 5.82 Å². The first-order valence-electron chi connectivity index (χ1n) is 9.67. The maximum atomic E-state index is 13.3. The van der Waals surface area contributed by atoms with Crippen LogP contribution in [0.2, 0.25) is 0 Å². The Labute approximate surface area is 174 Å². The number of urea groups is 1. The number of carbonyl (C=O) groups is 1. The van der Waals surface area contributed by atoms with E-state index >= 15 is 0 Å². The Hall–Kier alpha value is -2.97. The van der Waals surface area contributed by atoms with E-state index in [2.05, 4.69) is 20.5 Å². The molecule has 0 aliphatic heterocycles. The third-order valence-corrected chi connectivity index (χ3v) is 6.20. The van der Waals surface area contributed by atoms with E-state index in [1.807, 2.05) is 6.07 Å². The Morgan fingerprint density at radius 3 is 2.77 bits per heavy atom. The molecule has 0 bridgehead atoms. The fourth-order valence-electron chi connectivity index (χ4n) is 3.32. The summed E-state index contributed by atoms with van der Waals surface area (Å²) in [6, 6.07) is 6.49. The van der Waals surface area contributed by atoms with Crippen molar-refractivity contribution >= 4 is 21.9 Å². The van der Waals surface area contributed by atoms with Crippen molar-refractivity contribution in [2.75, 3.05) is 17.6 Å². The molecule has 1 aliphatic carbocycles. The quantitative estimate of drug-likeness (QED) is 0.616. The van der Waals surface area contributed by atoms with E-state index in [9.17, 15) is 17.6 Å². The van der Waals surface area contributed by atoms with Crippen LogP contribution in [-0.2, 0) is 10.0 Å². The van der Waals surface area contributed by atoms with Crippen molar-refractivity contribution in [1.82, 2.24) is 19.8 Å². The number of nitrogens with zero attached hydrogens (tertiary/aromatic N) is 3.